The minimum absolute atomic E-state index is 0.514. The van der Waals surface area contributed by atoms with E-state index < -0.39 is 10.8 Å². The van der Waals surface area contributed by atoms with Crippen molar-refractivity contribution in [2.45, 2.75) is 19.4 Å². The average molecular weight is 275 g/mol. The van der Waals surface area contributed by atoms with Crippen molar-refractivity contribution in [1.29, 1.82) is 0 Å². The van der Waals surface area contributed by atoms with Crippen LogP contribution in [-0.4, -0.2) is 10.8 Å². The maximum absolute atomic E-state index is 11.2. The fourth-order valence-corrected chi connectivity index (χ4v) is 1.72. The summed E-state index contributed by atoms with van der Waals surface area (Å²) >= 11 is 5.48. The van der Waals surface area contributed by atoms with E-state index in [1.165, 1.54) is 0 Å². The zero-order valence-electron chi connectivity index (χ0n) is 10.9. The lowest BCUT2D eigenvalue weighted by Crippen LogP contribution is -2.34. The molecule has 2 nitrogen and oxygen atoms in total. The van der Waals surface area contributed by atoms with Crippen LogP contribution in [0.15, 0.2) is 54.6 Å². The molecule has 0 atom stereocenters. The molecule has 0 bridgehead atoms. The van der Waals surface area contributed by atoms with E-state index in [0.717, 1.165) is 11.1 Å². The van der Waals surface area contributed by atoms with Crippen LogP contribution in [0.5, 0.6) is 5.75 Å². The molecule has 0 unspecified atom stereocenters. The van der Waals surface area contributed by atoms with Gasteiger partial charge < -0.3 is 4.74 Å². The first-order valence-corrected chi connectivity index (χ1v) is 6.41. The van der Waals surface area contributed by atoms with Crippen molar-refractivity contribution in [3.8, 4) is 16.9 Å². The highest BCUT2D eigenvalue weighted by molar-refractivity contribution is 6.65. The molecule has 0 fully saturated rings. The topological polar surface area (TPSA) is 26.3 Å². The van der Waals surface area contributed by atoms with Gasteiger partial charge in [-0.2, -0.15) is 0 Å². The van der Waals surface area contributed by atoms with E-state index in [4.69, 9.17) is 16.3 Å². The number of carbonyl (C=O) groups is 1. The third kappa shape index (κ3) is 3.36. The van der Waals surface area contributed by atoms with Gasteiger partial charge >= 0.3 is 0 Å². The van der Waals surface area contributed by atoms with Crippen LogP contribution in [0.1, 0.15) is 13.8 Å². The van der Waals surface area contributed by atoms with Gasteiger partial charge in [-0.15, -0.1) is 0 Å². The Bertz CT molecular complexity index is 559. The predicted molar refractivity (Wildman–Crippen MR) is 77.4 cm³/mol. The lowest BCUT2D eigenvalue weighted by atomic mass is 10.1. The van der Waals surface area contributed by atoms with Gasteiger partial charge in [0, 0.05) is 0 Å². The van der Waals surface area contributed by atoms with Gasteiger partial charge in [0.2, 0.25) is 0 Å². The number of hydrogen-bond donors (Lipinski definition) is 0. The first-order valence-electron chi connectivity index (χ1n) is 6.03. The Hall–Kier alpha value is -1.80. The second-order valence-electron chi connectivity index (χ2n) is 4.78. The maximum atomic E-state index is 11.2. The second kappa shape index (κ2) is 5.45. The highest BCUT2D eigenvalue weighted by Crippen LogP contribution is 2.25. The summed E-state index contributed by atoms with van der Waals surface area (Å²) in [6.07, 6.45) is 0. The fraction of sp³-hybridized carbons (Fsp3) is 0.188. The molecule has 0 saturated carbocycles. The highest BCUT2D eigenvalue weighted by Gasteiger charge is 2.27. The van der Waals surface area contributed by atoms with E-state index in [1.807, 2.05) is 54.6 Å². The molecule has 0 aliphatic rings. The van der Waals surface area contributed by atoms with Crippen molar-refractivity contribution < 1.29 is 9.53 Å². The van der Waals surface area contributed by atoms with Gasteiger partial charge in [0.05, 0.1) is 0 Å². The Kier molecular flexibility index (Phi) is 3.91. The average Bonchev–Trinajstić information content (AvgIpc) is 2.40. The van der Waals surface area contributed by atoms with Gasteiger partial charge in [0.15, 0.2) is 5.60 Å². The smallest absolute Gasteiger partial charge is 0.264 e. The molecule has 0 aliphatic heterocycles. The minimum atomic E-state index is -1.02. The SMILES string of the molecule is CC(C)(Oc1ccc(-c2ccccc2)cc1)C(=O)Cl. The first-order chi connectivity index (χ1) is 8.99. The van der Waals surface area contributed by atoms with Gasteiger partial charge in [0.1, 0.15) is 5.75 Å². The van der Waals surface area contributed by atoms with Crippen molar-refractivity contribution >= 4 is 16.8 Å². The molecule has 2 aromatic carbocycles. The quantitative estimate of drug-likeness (QED) is 0.778. The Balaban J connectivity index is 2.18. The van der Waals surface area contributed by atoms with Gasteiger partial charge in [-0.1, -0.05) is 42.5 Å². The van der Waals surface area contributed by atoms with Crippen molar-refractivity contribution in [1.82, 2.24) is 0 Å². The van der Waals surface area contributed by atoms with Gasteiger partial charge in [-0.3, -0.25) is 4.79 Å². The first kappa shape index (κ1) is 13.6. The molecular weight excluding hydrogens is 260 g/mol. The van der Waals surface area contributed by atoms with Gasteiger partial charge in [-0.05, 0) is 48.7 Å². The monoisotopic (exact) mass is 274 g/mol. The zero-order chi connectivity index (χ0) is 13.9. The number of hydrogen-bond acceptors (Lipinski definition) is 2. The summed E-state index contributed by atoms with van der Waals surface area (Å²) in [5, 5.41) is -0.514. The third-order valence-corrected chi connectivity index (χ3v) is 3.26. The number of carbonyl (C=O) groups excluding carboxylic acids is 1. The normalized spacial score (nSPS) is 11.1. The van der Waals surface area contributed by atoms with E-state index in [2.05, 4.69) is 0 Å². The Morgan fingerprint density at radius 2 is 1.47 bits per heavy atom. The summed E-state index contributed by atoms with van der Waals surface area (Å²) in [4.78, 5) is 11.2. The van der Waals surface area contributed by atoms with E-state index in [1.54, 1.807) is 13.8 Å². The largest absolute Gasteiger partial charge is 0.479 e. The molecule has 0 N–H and O–H groups in total. The molecule has 98 valence electrons. The van der Waals surface area contributed by atoms with Gasteiger partial charge in [-0.25, -0.2) is 0 Å². The Morgan fingerprint density at radius 3 is 2.00 bits per heavy atom. The maximum Gasteiger partial charge on any atom is 0.264 e. The standard InChI is InChI=1S/C16H15ClO2/c1-16(2,15(17)18)19-14-10-8-13(9-11-14)12-6-4-3-5-7-12/h3-11H,1-2H3. The molecule has 0 saturated heterocycles. The van der Waals surface area contributed by atoms with E-state index in [0.29, 0.717) is 5.75 Å². The van der Waals surface area contributed by atoms with Crippen molar-refractivity contribution in [3.63, 3.8) is 0 Å². The van der Waals surface area contributed by atoms with Crippen molar-refractivity contribution in [3.05, 3.63) is 54.6 Å². The fourth-order valence-electron chi connectivity index (χ4n) is 1.68. The molecule has 0 aromatic heterocycles. The summed E-state index contributed by atoms with van der Waals surface area (Å²) in [5.74, 6) is 0.624. The number of rotatable bonds is 4. The summed E-state index contributed by atoms with van der Waals surface area (Å²) in [7, 11) is 0. The molecule has 0 amide bonds. The molecule has 0 spiro atoms. The van der Waals surface area contributed by atoms with Crippen LogP contribution in [0.25, 0.3) is 11.1 Å². The highest BCUT2D eigenvalue weighted by atomic mass is 35.5. The van der Waals surface area contributed by atoms with Crippen LogP contribution in [0, 0.1) is 0 Å². The summed E-state index contributed by atoms with van der Waals surface area (Å²) in [6.45, 7) is 3.29. The van der Waals surface area contributed by atoms with Crippen LogP contribution < -0.4 is 4.74 Å². The van der Waals surface area contributed by atoms with Crippen LogP contribution >= 0.6 is 11.6 Å². The summed E-state index contributed by atoms with van der Waals surface area (Å²) < 4.78 is 5.57. The molecule has 0 aliphatic carbocycles. The number of halogens is 1. The van der Waals surface area contributed by atoms with Crippen LogP contribution in [-0.2, 0) is 4.79 Å². The molecule has 0 heterocycles. The molecule has 0 radical (unpaired) electrons. The van der Waals surface area contributed by atoms with Crippen LogP contribution in [0.3, 0.4) is 0 Å². The Labute approximate surface area is 118 Å². The van der Waals surface area contributed by atoms with Crippen molar-refractivity contribution in [2.75, 3.05) is 0 Å². The van der Waals surface area contributed by atoms with E-state index in [9.17, 15) is 4.79 Å². The van der Waals surface area contributed by atoms with Gasteiger partial charge in [0.25, 0.3) is 5.24 Å². The third-order valence-electron chi connectivity index (χ3n) is 2.81. The molecule has 3 heteroatoms. The lowest BCUT2D eigenvalue weighted by Gasteiger charge is -2.22. The predicted octanol–water partition coefficient (Wildman–Crippen LogP) is 4.28. The Morgan fingerprint density at radius 1 is 0.947 bits per heavy atom. The molecular formula is C16H15ClO2. The van der Waals surface area contributed by atoms with E-state index in [-0.39, 0.29) is 0 Å². The zero-order valence-corrected chi connectivity index (χ0v) is 11.6. The molecule has 19 heavy (non-hydrogen) atoms. The molecule has 2 aromatic rings. The van der Waals surface area contributed by atoms with Crippen molar-refractivity contribution in [2.24, 2.45) is 0 Å². The lowest BCUT2D eigenvalue weighted by molar-refractivity contribution is -0.123. The number of ether oxygens (including phenoxy) is 1. The minimum Gasteiger partial charge on any atom is -0.479 e. The number of benzene rings is 2. The van der Waals surface area contributed by atoms with Crippen LogP contribution in [0.4, 0.5) is 0 Å². The summed E-state index contributed by atoms with van der Waals surface area (Å²) in [6, 6.07) is 17.6. The summed E-state index contributed by atoms with van der Waals surface area (Å²) in [5.41, 5.74) is 1.22. The second-order valence-corrected chi connectivity index (χ2v) is 5.12. The van der Waals surface area contributed by atoms with Crippen LogP contribution in [0.2, 0.25) is 0 Å². The molecule has 2 rings (SSSR count). The van der Waals surface area contributed by atoms with E-state index >= 15 is 0 Å².